The summed E-state index contributed by atoms with van der Waals surface area (Å²) in [6, 6.07) is 6.96. The van der Waals surface area contributed by atoms with E-state index < -0.39 is 51.4 Å². The van der Waals surface area contributed by atoms with Crippen molar-refractivity contribution in [2.75, 3.05) is 13.6 Å². The third-order valence-corrected chi connectivity index (χ3v) is 5.56. The van der Waals surface area contributed by atoms with Crippen LogP contribution in [0.4, 0.5) is 32.8 Å². The van der Waals surface area contributed by atoms with Crippen LogP contribution in [-0.4, -0.2) is 53.2 Å². The lowest BCUT2D eigenvalue weighted by Gasteiger charge is -2.28. The number of nitrogens with zero attached hydrogens (tertiary/aromatic N) is 3. The Morgan fingerprint density at radius 3 is 2.26 bits per heavy atom. The minimum atomic E-state index is -5.00. The predicted molar refractivity (Wildman–Crippen MR) is 133 cm³/mol. The van der Waals surface area contributed by atoms with Gasteiger partial charge in [0.2, 0.25) is 5.84 Å². The van der Waals surface area contributed by atoms with Gasteiger partial charge < -0.3 is 19.5 Å². The number of ether oxygens (including phenoxy) is 2. The maximum Gasteiger partial charge on any atom is 0.529 e. The van der Waals surface area contributed by atoms with Crippen molar-refractivity contribution in [2.24, 2.45) is 4.99 Å². The quantitative estimate of drug-likeness (QED) is 0.198. The number of hydrogen-bond donors (Lipinski definition) is 1. The van der Waals surface area contributed by atoms with Crippen LogP contribution in [0.25, 0.3) is 0 Å². The van der Waals surface area contributed by atoms with Crippen LogP contribution in [0, 0.1) is 5.82 Å². The number of amides is 2. The molecule has 0 bridgehead atoms. The average Bonchev–Trinajstić information content (AvgIpc) is 3.26. The Kier molecular flexibility index (Phi) is 8.15. The third-order valence-electron chi connectivity index (χ3n) is 5.56. The molecule has 0 spiro atoms. The Balaban J connectivity index is 1.77. The lowest BCUT2D eigenvalue weighted by molar-refractivity contribution is -0.140. The van der Waals surface area contributed by atoms with Crippen molar-refractivity contribution in [3.8, 4) is 5.75 Å². The SMILES string of the molecule is CN(CCC1=NC=C[N+]1(C(=O)O)c1ccc(OC(=O)c2ccc(F)c(C(F)(F)F)c2)cc1)C(=O)OC(C)(C)C. The van der Waals surface area contributed by atoms with Crippen molar-refractivity contribution < 1.29 is 46.5 Å². The number of hydrogen-bond acceptors (Lipinski definition) is 6. The molecule has 0 saturated carbocycles. The van der Waals surface area contributed by atoms with Crippen molar-refractivity contribution in [2.45, 2.75) is 39.0 Å². The Hall–Kier alpha value is -4.26. The van der Waals surface area contributed by atoms with E-state index in [1.165, 1.54) is 48.6 Å². The maximum absolute atomic E-state index is 13.5. The summed E-state index contributed by atoms with van der Waals surface area (Å²) in [5, 5.41) is 10.1. The zero-order chi connectivity index (χ0) is 29.2. The zero-order valence-electron chi connectivity index (χ0n) is 21.5. The predicted octanol–water partition coefficient (Wildman–Crippen LogP) is 6.19. The molecular weight excluding hydrogens is 526 g/mol. The maximum atomic E-state index is 13.5. The van der Waals surface area contributed by atoms with E-state index in [2.05, 4.69) is 4.99 Å². The van der Waals surface area contributed by atoms with Crippen molar-refractivity contribution in [3.63, 3.8) is 0 Å². The normalized spacial score (nSPS) is 17.0. The van der Waals surface area contributed by atoms with Crippen LogP contribution in [0.2, 0.25) is 0 Å². The molecule has 1 N–H and O–H groups in total. The Labute approximate surface area is 221 Å². The van der Waals surface area contributed by atoms with Crippen molar-refractivity contribution in [1.82, 2.24) is 9.38 Å². The van der Waals surface area contributed by atoms with Crippen molar-refractivity contribution in [3.05, 3.63) is 71.8 Å². The highest BCUT2D eigenvalue weighted by Gasteiger charge is 2.46. The minimum Gasteiger partial charge on any atom is -0.444 e. The second kappa shape index (κ2) is 10.8. The number of benzene rings is 2. The van der Waals surface area contributed by atoms with Gasteiger partial charge in [0.05, 0.1) is 23.7 Å². The van der Waals surface area contributed by atoms with Crippen molar-refractivity contribution in [1.29, 1.82) is 0 Å². The topological polar surface area (TPSA) is 106 Å². The van der Waals surface area contributed by atoms with E-state index in [9.17, 15) is 37.1 Å². The highest BCUT2D eigenvalue weighted by Crippen LogP contribution is 2.34. The van der Waals surface area contributed by atoms with E-state index in [4.69, 9.17) is 9.47 Å². The van der Waals surface area contributed by atoms with E-state index in [1.54, 1.807) is 20.8 Å². The van der Waals surface area contributed by atoms with Crippen LogP contribution in [0.1, 0.15) is 43.1 Å². The molecule has 9 nitrogen and oxygen atoms in total. The van der Waals surface area contributed by atoms with Crippen LogP contribution in [0.5, 0.6) is 5.75 Å². The molecule has 0 radical (unpaired) electrons. The van der Waals surface area contributed by atoms with Gasteiger partial charge in [-0.2, -0.15) is 18.0 Å². The Morgan fingerprint density at radius 2 is 1.69 bits per heavy atom. The van der Waals surface area contributed by atoms with Crippen molar-refractivity contribution >= 4 is 29.7 Å². The molecule has 13 heteroatoms. The molecule has 1 heterocycles. The van der Waals surface area contributed by atoms with E-state index in [-0.39, 0.29) is 30.2 Å². The highest BCUT2D eigenvalue weighted by molar-refractivity contribution is 6.11. The fourth-order valence-electron chi connectivity index (χ4n) is 3.64. The summed E-state index contributed by atoms with van der Waals surface area (Å²) < 4.78 is 62.0. The first kappa shape index (κ1) is 29.3. The molecule has 1 unspecified atom stereocenters. The number of carbonyl (C=O) groups excluding carboxylic acids is 2. The summed E-state index contributed by atoms with van der Waals surface area (Å²) in [5.41, 5.74) is -2.63. The first-order valence-electron chi connectivity index (χ1n) is 11.6. The lowest BCUT2D eigenvalue weighted by atomic mass is 10.1. The molecule has 2 amide bonds. The molecule has 0 saturated heterocycles. The first-order chi connectivity index (χ1) is 18.0. The van der Waals surface area contributed by atoms with Gasteiger partial charge in [-0.1, -0.05) is 0 Å². The first-order valence-corrected chi connectivity index (χ1v) is 11.6. The smallest absolute Gasteiger partial charge is 0.444 e. The monoisotopic (exact) mass is 552 g/mol. The van der Waals surface area contributed by atoms with Gasteiger partial charge in [-0.05, 0) is 51.1 Å². The molecule has 2 aromatic rings. The van der Waals surface area contributed by atoms with Crippen LogP contribution in [0.15, 0.2) is 59.9 Å². The summed E-state index contributed by atoms with van der Waals surface area (Å²) in [6.45, 7) is 5.26. The summed E-state index contributed by atoms with van der Waals surface area (Å²) in [7, 11) is 1.51. The number of rotatable bonds is 6. The number of alkyl halides is 3. The largest absolute Gasteiger partial charge is 0.529 e. The van der Waals surface area contributed by atoms with Gasteiger partial charge in [0.1, 0.15) is 23.4 Å². The highest BCUT2D eigenvalue weighted by atomic mass is 19.4. The van der Waals surface area contributed by atoms with Gasteiger partial charge in [0.25, 0.3) is 0 Å². The van der Waals surface area contributed by atoms with Crippen LogP contribution in [0.3, 0.4) is 0 Å². The van der Waals surface area contributed by atoms with Gasteiger partial charge in [0.15, 0.2) is 5.69 Å². The van der Waals surface area contributed by atoms with Crippen LogP contribution < -0.4 is 9.22 Å². The van der Waals surface area contributed by atoms with Gasteiger partial charge in [-0.25, -0.2) is 19.0 Å². The van der Waals surface area contributed by atoms with E-state index in [0.29, 0.717) is 12.1 Å². The van der Waals surface area contributed by atoms with Gasteiger partial charge in [-0.3, -0.25) is 0 Å². The Bertz CT molecular complexity index is 1330. The molecule has 0 aromatic heterocycles. The number of amidine groups is 1. The zero-order valence-corrected chi connectivity index (χ0v) is 21.5. The molecule has 208 valence electrons. The van der Waals surface area contributed by atoms with Crippen LogP contribution >= 0.6 is 0 Å². The molecule has 1 aliphatic heterocycles. The summed E-state index contributed by atoms with van der Waals surface area (Å²) in [6.07, 6.45) is -4.16. The molecule has 39 heavy (non-hydrogen) atoms. The fourth-order valence-corrected chi connectivity index (χ4v) is 3.64. The second-order valence-electron chi connectivity index (χ2n) is 9.58. The number of halogens is 4. The Morgan fingerprint density at radius 1 is 1.05 bits per heavy atom. The minimum absolute atomic E-state index is 0.0812. The fraction of sp³-hybridized carbons (Fsp3) is 0.308. The van der Waals surface area contributed by atoms with Gasteiger partial charge in [-0.15, -0.1) is 4.48 Å². The number of esters is 1. The average molecular weight is 553 g/mol. The third kappa shape index (κ3) is 6.60. The number of carbonyl (C=O) groups is 3. The lowest BCUT2D eigenvalue weighted by Crippen LogP contribution is -2.52. The molecule has 3 rings (SSSR count). The number of quaternary nitrogens is 1. The number of aliphatic imine (C=N–C) groups is 1. The molecule has 1 aliphatic rings. The summed E-state index contributed by atoms with van der Waals surface area (Å²) >= 11 is 0. The molecule has 0 aliphatic carbocycles. The standard InChI is InChI=1S/C26H25F4N3O6/c1-25(2,3)39-23(35)32(4)13-11-21-31-12-14-33(21,24(36)37)17-6-8-18(9-7-17)38-22(34)16-5-10-20(27)19(15-16)26(28,29)30/h5-10,12,14-15H,11,13H2,1-4H3/p+1. The second-order valence-corrected chi connectivity index (χ2v) is 9.58. The molecule has 1 atom stereocenters. The molecule has 2 aromatic carbocycles. The van der Waals surface area contributed by atoms with Gasteiger partial charge in [0, 0.05) is 25.7 Å². The summed E-state index contributed by atoms with van der Waals surface area (Å²) in [5.74, 6) is -2.59. The number of carboxylic acid groups (broad SMARTS) is 1. The van der Waals surface area contributed by atoms with E-state index in [1.807, 2.05) is 0 Å². The molecule has 0 fully saturated rings. The van der Waals surface area contributed by atoms with Gasteiger partial charge >= 0.3 is 24.3 Å². The van der Waals surface area contributed by atoms with E-state index >= 15 is 0 Å². The molecular formula is C26H26F4N3O6+. The van der Waals surface area contributed by atoms with Crippen LogP contribution in [-0.2, 0) is 10.9 Å². The summed E-state index contributed by atoms with van der Waals surface area (Å²) in [4.78, 5) is 42.5. The van der Waals surface area contributed by atoms with E-state index in [0.717, 1.165) is 6.07 Å².